The second-order valence-corrected chi connectivity index (χ2v) is 5.94. The Bertz CT molecular complexity index is 250. The molecule has 0 aliphatic heterocycles. The fourth-order valence-electron chi connectivity index (χ4n) is 0.902. The van der Waals surface area contributed by atoms with E-state index in [9.17, 15) is 9.59 Å². The molecule has 0 radical (unpaired) electrons. The molecule has 16 heavy (non-hydrogen) atoms. The predicted molar refractivity (Wildman–Crippen MR) is 64.1 cm³/mol. The van der Waals surface area contributed by atoms with Gasteiger partial charge in [-0.3, -0.25) is 9.59 Å². The SMILES string of the molecule is CCC(C)(C)S[C@H](COC(C)=O)OC(C)=O. The van der Waals surface area contributed by atoms with Crippen LogP contribution in [0.1, 0.15) is 41.0 Å². The van der Waals surface area contributed by atoms with Crippen molar-refractivity contribution in [2.45, 2.75) is 51.2 Å². The molecule has 0 aromatic carbocycles. The molecule has 0 amide bonds. The second kappa shape index (κ2) is 6.78. The standard InChI is InChI=1S/C11H20O4S/c1-6-11(4,5)16-10(15-9(3)13)7-14-8(2)12/h10H,6-7H2,1-5H3/t10-/m1/s1. The Morgan fingerprint density at radius 2 is 1.81 bits per heavy atom. The van der Waals surface area contributed by atoms with Crippen molar-refractivity contribution in [2.75, 3.05) is 6.61 Å². The molecule has 0 unspecified atom stereocenters. The van der Waals surface area contributed by atoms with Gasteiger partial charge in [-0.25, -0.2) is 0 Å². The second-order valence-electron chi connectivity index (χ2n) is 4.07. The summed E-state index contributed by atoms with van der Waals surface area (Å²) in [5.41, 5.74) is -0.434. The lowest BCUT2D eigenvalue weighted by Crippen LogP contribution is -2.27. The van der Waals surface area contributed by atoms with Crippen molar-refractivity contribution in [3.8, 4) is 0 Å². The zero-order valence-electron chi connectivity index (χ0n) is 10.5. The highest BCUT2D eigenvalue weighted by Crippen LogP contribution is 2.32. The van der Waals surface area contributed by atoms with Gasteiger partial charge in [-0.15, -0.1) is 11.8 Å². The number of rotatable bonds is 6. The van der Waals surface area contributed by atoms with Gasteiger partial charge >= 0.3 is 11.9 Å². The summed E-state index contributed by atoms with van der Waals surface area (Å²) in [5, 5.41) is 0. The van der Waals surface area contributed by atoms with E-state index in [0.717, 1.165) is 6.42 Å². The molecule has 0 heterocycles. The van der Waals surface area contributed by atoms with Crippen LogP contribution >= 0.6 is 11.8 Å². The summed E-state index contributed by atoms with van der Waals surface area (Å²) >= 11 is 1.50. The molecule has 0 N–H and O–H groups in total. The van der Waals surface area contributed by atoms with Crippen molar-refractivity contribution in [1.82, 2.24) is 0 Å². The Morgan fingerprint density at radius 3 is 2.19 bits per heavy atom. The molecule has 1 atom stereocenters. The van der Waals surface area contributed by atoms with Crippen LogP contribution in [0.5, 0.6) is 0 Å². The van der Waals surface area contributed by atoms with Gasteiger partial charge in [0.25, 0.3) is 0 Å². The third-order valence-corrected chi connectivity index (χ3v) is 3.44. The fraction of sp³-hybridized carbons (Fsp3) is 0.818. The van der Waals surface area contributed by atoms with Gasteiger partial charge in [0.1, 0.15) is 6.61 Å². The summed E-state index contributed by atoms with van der Waals surface area (Å²) in [4.78, 5) is 21.6. The Balaban J connectivity index is 4.30. The molecule has 0 aliphatic carbocycles. The third-order valence-electron chi connectivity index (χ3n) is 2.02. The number of carbonyl (C=O) groups is 2. The highest BCUT2D eigenvalue weighted by Gasteiger charge is 2.25. The fourth-order valence-corrected chi connectivity index (χ4v) is 2.10. The molecule has 0 spiro atoms. The number of esters is 2. The summed E-state index contributed by atoms with van der Waals surface area (Å²) in [7, 11) is 0. The molecule has 0 fully saturated rings. The molecule has 0 bridgehead atoms. The lowest BCUT2D eigenvalue weighted by Gasteiger charge is -2.27. The van der Waals surface area contributed by atoms with Crippen molar-refractivity contribution in [1.29, 1.82) is 0 Å². The van der Waals surface area contributed by atoms with Crippen LogP contribution in [0.25, 0.3) is 0 Å². The zero-order chi connectivity index (χ0) is 12.8. The zero-order valence-corrected chi connectivity index (χ0v) is 11.3. The van der Waals surface area contributed by atoms with E-state index in [4.69, 9.17) is 9.47 Å². The van der Waals surface area contributed by atoms with E-state index in [1.54, 1.807) is 0 Å². The maximum Gasteiger partial charge on any atom is 0.303 e. The van der Waals surface area contributed by atoms with E-state index in [1.165, 1.54) is 25.6 Å². The maximum absolute atomic E-state index is 10.9. The van der Waals surface area contributed by atoms with E-state index < -0.39 is 5.44 Å². The number of carbonyl (C=O) groups excluding carboxylic acids is 2. The minimum Gasteiger partial charge on any atom is -0.461 e. The molecule has 4 nitrogen and oxygen atoms in total. The number of hydrogen-bond acceptors (Lipinski definition) is 5. The Hall–Kier alpha value is -0.710. The largest absolute Gasteiger partial charge is 0.461 e. The van der Waals surface area contributed by atoms with Gasteiger partial charge < -0.3 is 9.47 Å². The Kier molecular flexibility index (Phi) is 6.48. The molecular formula is C11H20O4S. The molecule has 0 aliphatic rings. The van der Waals surface area contributed by atoms with Gasteiger partial charge in [0.15, 0.2) is 5.44 Å². The average molecular weight is 248 g/mol. The van der Waals surface area contributed by atoms with Crippen LogP contribution < -0.4 is 0 Å². The number of ether oxygens (including phenoxy) is 2. The van der Waals surface area contributed by atoms with Crippen LogP contribution in [0.3, 0.4) is 0 Å². The van der Waals surface area contributed by atoms with E-state index in [0.29, 0.717) is 0 Å². The average Bonchev–Trinajstić information content (AvgIpc) is 2.13. The van der Waals surface area contributed by atoms with Crippen LogP contribution in [-0.2, 0) is 19.1 Å². The molecule has 5 heteroatoms. The highest BCUT2D eigenvalue weighted by molar-refractivity contribution is 8.01. The smallest absolute Gasteiger partial charge is 0.303 e. The number of hydrogen-bond donors (Lipinski definition) is 0. The topological polar surface area (TPSA) is 52.6 Å². The lowest BCUT2D eigenvalue weighted by molar-refractivity contribution is -0.151. The summed E-state index contributed by atoms with van der Waals surface area (Å²) in [6.07, 6.45) is 0.940. The highest BCUT2D eigenvalue weighted by atomic mass is 32.2. The van der Waals surface area contributed by atoms with Gasteiger partial charge in [-0.05, 0) is 6.42 Å². The summed E-state index contributed by atoms with van der Waals surface area (Å²) in [6.45, 7) is 8.96. The monoisotopic (exact) mass is 248 g/mol. The van der Waals surface area contributed by atoms with E-state index in [-0.39, 0.29) is 23.3 Å². The molecule has 0 saturated heterocycles. The van der Waals surface area contributed by atoms with E-state index in [2.05, 4.69) is 20.8 Å². The van der Waals surface area contributed by atoms with Crippen LogP contribution in [-0.4, -0.2) is 28.7 Å². The van der Waals surface area contributed by atoms with Crippen molar-refractivity contribution < 1.29 is 19.1 Å². The molecule has 0 saturated carbocycles. The number of thioether (sulfide) groups is 1. The van der Waals surface area contributed by atoms with Gasteiger partial charge in [0.2, 0.25) is 0 Å². The maximum atomic E-state index is 10.9. The first-order chi connectivity index (χ1) is 7.26. The minimum absolute atomic E-state index is 0.0136. The normalized spacial score (nSPS) is 13.1. The van der Waals surface area contributed by atoms with Crippen molar-refractivity contribution >= 4 is 23.7 Å². The van der Waals surface area contributed by atoms with Crippen molar-refractivity contribution in [2.24, 2.45) is 0 Å². The van der Waals surface area contributed by atoms with Gasteiger partial charge in [-0.1, -0.05) is 20.8 Å². The van der Waals surface area contributed by atoms with E-state index >= 15 is 0 Å². The van der Waals surface area contributed by atoms with E-state index in [1.807, 2.05) is 0 Å². The van der Waals surface area contributed by atoms with Gasteiger partial charge in [0, 0.05) is 18.6 Å². The lowest BCUT2D eigenvalue weighted by atomic mass is 10.1. The third kappa shape index (κ3) is 7.56. The molecule has 94 valence electrons. The molecule has 0 aromatic rings. The Labute approximate surface area is 101 Å². The predicted octanol–water partition coefficient (Wildman–Crippen LogP) is 2.36. The quantitative estimate of drug-likeness (QED) is 0.533. The van der Waals surface area contributed by atoms with Crippen molar-refractivity contribution in [3.63, 3.8) is 0 Å². The van der Waals surface area contributed by atoms with Gasteiger partial charge in [-0.2, -0.15) is 0 Å². The first kappa shape index (κ1) is 15.3. The van der Waals surface area contributed by atoms with Crippen LogP contribution in [0.15, 0.2) is 0 Å². The minimum atomic E-state index is -0.434. The summed E-state index contributed by atoms with van der Waals surface area (Å²) in [6, 6.07) is 0. The van der Waals surface area contributed by atoms with Crippen molar-refractivity contribution in [3.05, 3.63) is 0 Å². The van der Waals surface area contributed by atoms with Crippen LogP contribution in [0.2, 0.25) is 0 Å². The summed E-state index contributed by atoms with van der Waals surface area (Å²) < 4.78 is 9.93. The van der Waals surface area contributed by atoms with Crippen LogP contribution in [0, 0.1) is 0 Å². The first-order valence-corrected chi connectivity index (χ1v) is 6.13. The molecular weight excluding hydrogens is 228 g/mol. The molecule has 0 rings (SSSR count). The molecule has 0 aromatic heterocycles. The first-order valence-electron chi connectivity index (χ1n) is 5.25. The van der Waals surface area contributed by atoms with Gasteiger partial charge in [0.05, 0.1) is 0 Å². The van der Waals surface area contributed by atoms with Crippen LogP contribution in [0.4, 0.5) is 0 Å². The summed E-state index contributed by atoms with van der Waals surface area (Å²) in [5.74, 6) is -0.733. The Morgan fingerprint density at radius 1 is 1.25 bits per heavy atom.